The molecule has 14 N–H and O–H groups in total. The molecule has 0 aromatic rings. The van der Waals surface area contributed by atoms with Crippen molar-refractivity contribution in [1.82, 2.24) is 0 Å². The number of carboxylic acids is 1. The lowest BCUT2D eigenvalue weighted by molar-refractivity contribution is -0.374. The van der Waals surface area contributed by atoms with Crippen molar-refractivity contribution in [2.45, 2.75) is 242 Å². The summed E-state index contributed by atoms with van der Waals surface area (Å²) in [4.78, 5) is 27.4. The minimum Gasteiger partial charge on any atom is -0.479 e. The van der Waals surface area contributed by atoms with Crippen molar-refractivity contribution in [1.29, 1.82) is 0 Å². The van der Waals surface area contributed by atoms with Crippen LogP contribution < -0.4 is 0 Å². The predicted octanol–water partition coefficient (Wildman–Crippen LogP) is -1.94. The van der Waals surface area contributed by atoms with E-state index in [9.17, 15) is 76.3 Å². The summed E-state index contributed by atoms with van der Waals surface area (Å²) in [5, 5.41) is 148. The van der Waals surface area contributed by atoms with Crippen LogP contribution >= 0.6 is 0 Å². The molecule has 446 valence electrons. The molecule has 28 atom stereocenters. The van der Waals surface area contributed by atoms with Gasteiger partial charge in [0.05, 0.1) is 31.3 Å². The Bertz CT molecular complexity index is 2190. The van der Waals surface area contributed by atoms with Gasteiger partial charge in [0, 0.05) is 0 Å². The summed E-state index contributed by atoms with van der Waals surface area (Å²) in [6.45, 7) is 13.6. The number of rotatable bonds is 12. The Morgan fingerprint density at radius 1 is 0.577 bits per heavy atom. The molecule has 4 saturated carbocycles. The SMILES string of the molecule is CC1(C)CCC2(C(=O)OC3OC(COC4OC(CO)C(O)C(O)C4O)C(O)C(O)C3O)CCC3(C)C(=CCC4C5(C)CCC(OC6OC(C(=O)O)C(O)C(O)C6OC6OC(CO)C(O)C(O)C6O)C(C)(C)C5CCC43C)C2C1. The normalized spacial score (nSPS) is 52.8. The Hall–Kier alpha value is -2.12. The number of fused-ring (bicyclic) bond motifs is 7. The van der Waals surface area contributed by atoms with Crippen molar-refractivity contribution >= 4 is 11.9 Å². The second-order valence-corrected chi connectivity index (χ2v) is 26.3. The fourth-order valence-corrected chi connectivity index (χ4v) is 16.4. The van der Waals surface area contributed by atoms with Gasteiger partial charge in [0.25, 0.3) is 0 Å². The highest BCUT2D eigenvalue weighted by atomic mass is 16.8. The first-order valence-corrected chi connectivity index (χ1v) is 27.8. The quantitative estimate of drug-likeness (QED) is 0.0574. The molecule has 28 unspecified atom stereocenters. The number of carbonyl (C=O) groups excluding carboxylic acids is 1. The minimum absolute atomic E-state index is 0.0352. The van der Waals surface area contributed by atoms with Crippen LogP contribution in [-0.2, 0) is 47.5 Å². The Morgan fingerprint density at radius 2 is 1.14 bits per heavy atom. The monoisotopic (exact) mass is 1120 g/mol. The van der Waals surface area contributed by atoms with Gasteiger partial charge in [-0.05, 0) is 109 Å². The summed E-state index contributed by atoms with van der Waals surface area (Å²) < 4.78 is 47.2. The number of aliphatic hydroxyl groups excluding tert-OH is 13. The third-order valence-electron chi connectivity index (χ3n) is 21.4. The molecule has 0 radical (unpaired) electrons. The van der Waals surface area contributed by atoms with E-state index in [0.29, 0.717) is 51.4 Å². The molecule has 0 aromatic heterocycles. The third kappa shape index (κ3) is 9.82. The van der Waals surface area contributed by atoms with Crippen LogP contribution in [0, 0.1) is 50.2 Å². The second-order valence-electron chi connectivity index (χ2n) is 26.3. The number of allylic oxidation sites excluding steroid dienone is 2. The van der Waals surface area contributed by atoms with E-state index in [-0.39, 0.29) is 39.4 Å². The molecule has 5 aliphatic carbocycles. The van der Waals surface area contributed by atoms with Gasteiger partial charge in [0.15, 0.2) is 25.0 Å². The van der Waals surface area contributed by atoms with E-state index >= 15 is 4.79 Å². The lowest BCUT2D eigenvalue weighted by Gasteiger charge is -2.71. The molecule has 0 spiro atoms. The molecular formula is C54H86O24. The highest BCUT2D eigenvalue weighted by Crippen LogP contribution is 2.76. The van der Waals surface area contributed by atoms with Crippen LogP contribution in [-0.4, -0.2) is 232 Å². The first-order valence-electron chi connectivity index (χ1n) is 27.8. The molecule has 0 aromatic carbocycles. The van der Waals surface area contributed by atoms with Gasteiger partial charge in [-0.15, -0.1) is 0 Å². The van der Waals surface area contributed by atoms with Gasteiger partial charge in [0.1, 0.15) is 91.6 Å². The number of carboxylic acid groups (broad SMARTS) is 1. The molecule has 4 aliphatic heterocycles. The number of carbonyl (C=O) groups is 2. The molecular weight excluding hydrogens is 1030 g/mol. The summed E-state index contributed by atoms with van der Waals surface area (Å²) in [6, 6.07) is 0. The molecule has 4 heterocycles. The van der Waals surface area contributed by atoms with Crippen LogP contribution in [0.3, 0.4) is 0 Å². The molecule has 9 rings (SSSR count). The largest absolute Gasteiger partial charge is 0.479 e. The molecule has 78 heavy (non-hydrogen) atoms. The Kier molecular flexibility index (Phi) is 16.9. The molecule has 9 aliphatic rings. The number of hydrogen-bond acceptors (Lipinski definition) is 23. The van der Waals surface area contributed by atoms with E-state index < -0.39 is 172 Å². The van der Waals surface area contributed by atoms with Crippen LogP contribution in [0.15, 0.2) is 11.6 Å². The highest BCUT2D eigenvalue weighted by Gasteiger charge is 2.70. The molecule has 24 nitrogen and oxygen atoms in total. The van der Waals surface area contributed by atoms with Gasteiger partial charge >= 0.3 is 11.9 Å². The van der Waals surface area contributed by atoms with Crippen molar-refractivity contribution in [3.63, 3.8) is 0 Å². The van der Waals surface area contributed by atoms with Gasteiger partial charge in [-0.25, -0.2) is 4.79 Å². The highest BCUT2D eigenvalue weighted by molar-refractivity contribution is 5.79. The van der Waals surface area contributed by atoms with E-state index in [1.54, 1.807) is 0 Å². The van der Waals surface area contributed by atoms with Crippen LogP contribution in [0.25, 0.3) is 0 Å². The van der Waals surface area contributed by atoms with E-state index in [1.165, 1.54) is 5.57 Å². The number of hydrogen-bond donors (Lipinski definition) is 14. The topological polar surface area (TPSA) is 391 Å². The van der Waals surface area contributed by atoms with Crippen molar-refractivity contribution in [2.75, 3.05) is 19.8 Å². The molecule has 8 fully saturated rings. The van der Waals surface area contributed by atoms with E-state index in [0.717, 1.165) is 12.8 Å². The van der Waals surface area contributed by atoms with Crippen LogP contribution in [0.4, 0.5) is 0 Å². The van der Waals surface area contributed by atoms with Crippen LogP contribution in [0.1, 0.15) is 113 Å². The Morgan fingerprint density at radius 3 is 1.76 bits per heavy atom. The maximum Gasteiger partial charge on any atom is 0.335 e. The lowest BCUT2D eigenvalue weighted by atomic mass is 9.33. The maximum atomic E-state index is 15.1. The fourth-order valence-electron chi connectivity index (χ4n) is 16.4. The fraction of sp³-hybridized carbons (Fsp3) is 0.926. The Labute approximate surface area is 453 Å². The van der Waals surface area contributed by atoms with Crippen molar-refractivity contribution < 1.29 is 119 Å². The minimum atomic E-state index is -2.00. The molecule has 0 amide bonds. The molecule has 24 heteroatoms. The average Bonchev–Trinajstić information content (AvgIpc) is 3.47. The smallest absolute Gasteiger partial charge is 0.335 e. The van der Waals surface area contributed by atoms with Crippen LogP contribution in [0.2, 0.25) is 0 Å². The van der Waals surface area contributed by atoms with Gasteiger partial charge in [-0.1, -0.05) is 60.1 Å². The standard InChI is InChI=1S/C54H86O24/c1-49(2)14-16-54(48(70)78-46-40(67)35(62)32(59)26(74-46)21-71-44-38(65)33(60)30(57)24(19-55)72-44)17-15-52(6)22(23(54)18-49)8-9-28-51(5)12-11-29(50(3,4)27(51)10-13-53(28,52)7)75-47-42(37(64)36(63)41(76-47)43(68)69)77-45-39(66)34(61)31(58)25(20-56)73-45/h8,23-42,44-47,55-67H,9-21H2,1-7H3,(H,68,69). The zero-order valence-corrected chi connectivity index (χ0v) is 45.5. The first kappa shape index (κ1) is 60.5. The summed E-state index contributed by atoms with van der Waals surface area (Å²) in [5.74, 6) is -2.25. The number of esters is 1. The Balaban J connectivity index is 0.935. The predicted molar refractivity (Wildman–Crippen MR) is 263 cm³/mol. The van der Waals surface area contributed by atoms with E-state index in [1.807, 2.05) is 0 Å². The summed E-state index contributed by atoms with van der Waals surface area (Å²) in [6.07, 6.45) is -26.2. The average molecular weight is 1120 g/mol. The third-order valence-corrected chi connectivity index (χ3v) is 21.4. The van der Waals surface area contributed by atoms with Crippen molar-refractivity contribution in [3.8, 4) is 0 Å². The van der Waals surface area contributed by atoms with Crippen molar-refractivity contribution in [2.24, 2.45) is 50.2 Å². The maximum absolute atomic E-state index is 15.1. The number of ether oxygens (including phenoxy) is 8. The summed E-state index contributed by atoms with van der Waals surface area (Å²) >= 11 is 0. The summed E-state index contributed by atoms with van der Waals surface area (Å²) in [7, 11) is 0. The van der Waals surface area contributed by atoms with Crippen LogP contribution in [0.5, 0.6) is 0 Å². The number of aliphatic hydroxyl groups is 13. The van der Waals surface area contributed by atoms with Gasteiger partial charge in [-0.2, -0.15) is 0 Å². The van der Waals surface area contributed by atoms with Crippen molar-refractivity contribution in [3.05, 3.63) is 11.6 Å². The first-order chi connectivity index (χ1) is 36.4. The molecule has 4 saturated heterocycles. The van der Waals surface area contributed by atoms with Gasteiger partial charge in [-0.3, -0.25) is 4.79 Å². The number of aliphatic carboxylic acids is 1. The second kappa shape index (κ2) is 21.8. The lowest BCUT2D eigenvalue weighted by Crippen LogP contribution is -2.67. The van der Waals surface area contributed by atoms with Gasteiger partial charge < -0.3 is 109 Å². The zero-order chi connectivity index (χ0) is 57.1. The van der Waals surface area contributed by atoms with Gasteiger partial charge in [0.2, 0.25) is 6.29 Å². The van der Waals surface area contributed by atoms with E-state index in [2.05, 4.69) is 54.5 Å². The molecule has 0 bridgehead atoms. The van der Waals surface area contributed by atoms with E-state index in [4.69, 9.17) is 37.9 Å². The zero-order valence-electron chi connectivity index (χ0n) is 45.5. The summed E-state index contributed by atoms with van der Waals surface area (Å²) in [5.41, 5.74) is -1.56.